The van der Waals surface area contributed by atoms with Gasteiger partial charge in [0.05, 0.1) is 6.61 Å². The first-order valence-electron chi connectivity index (χ1n) is 4.44. The van der Waals surface area contributed by atoms with Crippen molar-refractivity contribution < 1.29 is 9.90 Å². The molecular weight excluding hydrogens is 278 g/mol. The lowest BCUT2D eigenvalue weighted by molar-refractivity contribution is 0.0747. The minimum Gasteiger partial charge on any atom is -0.395 e. The summed E-state index contributed by atoms with van der Waals surface area (Å²) in [4.78, 5) is 14.2. The summed E-state index contributed by atoms with van der Waals surface area (Å²) in [5, 5.41) is 10.7. The maximum Gasteiger partial charge on any atom is 0.265 e. The normalized spacial score (nSPS) is 10.0. The molecule has 0 saturated carbocycles. The number of aliphatic hydroxyl groups excluding tert-OH is 1. The molecule has 5 heteroatoms. The van der Waals surface area contributed by atoms with E-state index in [4.69, 9.17) is 5.11 Å². The fraction of sp³-hybridized carbons (Fsp3) is 0.300. The van der Waals surface area contributed by atoms with Crippen LogP contribution in [0.15, 0.2) is 28.6 Å². The van der Waals surface area contributed by atoms with Gasteiger partial charge in [0.15, 0.2) is 0 Å². The predicted octanol–water partition coefficient (Wildman–Crippen LogP) is 2.13. The van der Waals surface area contributed by atoms with E-state index in [-0.39, 0.29) is 12.5 Å². The molecule has 0 unspecified atom stereocenters. The van der Waals surface area contributed by atoms with Gasteiger partial charge in [0.25, 0.3) is 5.91 Å². The lowest BCUT2D eigenvalue weighted by Gasteiger charge is -2.19. The largest absolute Gasteiger partial charge is 0.395 e. The van der Waals surface area contributed by atoms with Gasteiger partial charge in [0, 0.05) is 17.6 Å². The number of halogens is 1. The highest BCUT2D eigenvalue weighted by molar-refractivity contribution is 9.10. The van der Waals surface area contributed by atoms with Crippen molar-refractivity contribution in [3.63, 3.8) is 0 Å². The predicted molar refractivity (Wildman–Crippen MR) is 65.2 cm³/mol. The lowest BCUT2D eigenvalue weighted by Crippen LogP contribution is -2.33. The van der Waals surface area contributed by atoms with Crippen LogP contribution in [-0.4, -0.2) is 35.6 Å². The van der Waals surface area contributed by atoms with Crippen LogP contribution in [0.3, 0.4) is 0 Å². The Labute approximate surface area is 101 Å². The highest BCUT2D eigenvalue weighted by Crippen LogP contribution is 2.24. The number of hydrogen-bond acceptors (Lipinski definition) is 3. The topological polar surface area (TPSA) is 40.5 Å². The zero-order chi connectivity index (χ0) is 11.3. The van der Waals surface area contributed by atoms with Crippen molar-refractivity contribution in [3.05, 3.63) is 33.5 Å². The molecule has 3 nitrogen and oxygen atoms in total. The Balaban J connectivity index is 2.80. The van der Waals surface area contributed by atoms with E-state index in [1.54, 1.807) is 11.0 Å². The van der Waals surface area contributed by atoms with E-state index in [9.17, 15) is 4.79 Å². The smallest absolute Gasteiger partial charge is 0.265 e. The van der Waals surface area contributed by atoms with Crippen molar-refractivity contribution in [2.45, 2.75) is 0 Å². The molecule has 1 heterocycles. The highest BCUT2D eigenvalue weighted by Gasteiger charge is 2.17. The minimum absolute atomic E-state index is 0.0391. The number of thiophene rings is 1. The van der Waals surface area contributed by atoms with Crippen LogP contribution >= 0.6 is 27.3 Å². The fourth-order valence-corrected chi connectivity index (χ4v) is 2.65. The van der Waals surface area contributed by atoms with Crippen molar-refractivity contribution in [2.75, 3.05) is 19.7 Å². The van der Waals surface area contributed by atoms with Crippen LogP contribution in [-0.2, 0) is 0 Å². The van der Waals surface area contributed by atoms with Crippen LogP contribution in [0.5, 0.6) is 0 Å². The molecular formula is C10H12BrNO2S. The van der Waals surface area contributed by atoms with E-state index in [1.807, 2.05) is 11.4 Å². The molecule has 1 aromatic heterocycles. The van der Waals surface area contributed by atoms with Crippen LogP contribution in [0, 0.1) is 0 Å². The first kappa shape index (κ1) is 12.4. The molecule has 0 atom stereocenters. The van der Waals surface area contributed by atoms with Gasteiger partial charge in [-0.3, -0.25) is 4.79 Å². The standard InChI is InChI=1S/C10H12BrNO2S/c1-2-4-12(5-6-13)10(14)9-8(11)3-7-15-9/h2-3,7,13H,1,4-6H2. The Morgan fingerprint density at radius 1 is 1.73 bits per heavy atom. The van der Waals surface area contributed by atoms with Gasteiger partial charge in [0.2, 0.25) is 0 Å². The summed E-state index contributed by atoms with van der Waals surface area (Å²) in [7, 11) is 0. The zero-order valence-electron chi connectivity index (χ0n) is 8.15. The minimum atomic E-state index is -0.0779. The Hall–Kier alpha value is -0.650. The fourth-order valence-electron chi connectivity index (χ4n) is 1.14. The Morgan fingerprint density at radius 2 is 2.47 bits per heavy atom. The summed E-state index contributed by atoms with van der Waals surface area (Å²) in [5.41, 5.74) is 0. The van der Waals surface area contributed by atoms with Crippen molar-refractivity contribution >= 4 is 33.2 Å². The van der Waals surface area contributed by atoms with Gasteiger partial charge in [-0.1, -0.05) is 6.08 Å². The quantitative estimate of drug-likeness (QED) is 0.844. The van der Waals surface area contributed by atoms with Gasteiger partial charge in [-0.05, 0) is 27.4 Å². The van der Waals surface area contributed by atoms with Gasteiger partial charge >= 0.3 is 0 Å². The summed E-state index contributed by atoms with van der Waals surface area (Å²) in [6.07, 6.45) is 1.65. The first-order chi connectivity index (χ1) is 7.20. The molecule has 0 bridgehead atoms. The van der Waals surface area contributed by atoms with E-state index >= 15 is 0 Å². The Bertz CT molecular complexity index is 351. The van der Waals surface area contributed by atoms with Crippen LogP contribution < -0.4 is 0 Å². The molecule has 0 aliphatic carbocycles. The zero-order valence-corrected chi connectivity index (χ0v) is 10.6. The summed E-state index contributed by atoms with van der Waals surface area (Å²) >= 11 is 4.70. The molecule has 1 amide bonds. The maximum absolute atomic E-state index is 12.0. The third-order valence-electron chi connectivity index (χ3n) is 1.82. The van der Waals surface area contributed by atoms with Gasteiger partial charge in [-0.2, -0.15) is 0 Å². The maximum atomic E-state index is 12.0. The van der Waals surface area contributed by atoms with E-state index in [1.165, 1.54) is 11.3 Å². The molecule has 0 aromatic carbocycles. The van der Waals surface area contributed by atoms with Gasteiger partial charge < -0.3 is 10.0 Å². The van der Waals surface area contributed by atoms with Crippen molar-refractivity contribution in [2.24, 2.45) is 0 Å². The summed E-state index contributed by atoms with van der Waals surface area (Å²) in [6.45, 7) is 4.32. The Kier molecular flexibility index (Phi) is 5.01. The molecule has 15 heavy (non-hydrogen) atoms. The van der Waals surface area contributed by atoms with Crippen LogP contribution in [0.25, 0.3) is 0 Å². The second-order valence-electron chi connectivity index (χ2n) is 2.86. The average molecular weight is 290 g/mol. The number of hydrogen-bond donors (Lipinski definition) is 1. The number of carbonyl (C=O) groups is 1. The third kappa shape index (κ3) is 3.15. The van der Waals surface area contributed by atoms with Crippen LogP contribution in [0.4, 0.5) is 0 Å². The van der Waals surface area contributed by atoms with Gasteiger partial charge in [-0.15, -0.1) is 17.9 Å². The molecule has 1 N–H and O–H groups in total. The van der Waals surface area contributed by atoms with E-state index in [0.29, 0.717) is 18.0 Å². The number of nitrogens with zero attached hydrogens (tertiary/aromatic N) is 1. The molecule has 0 saturated heterocycles. The van der Waals surface area contributed by atoms with Crippen molar-refractivity contribution in [1.82, 2.24) is 4.90 Å². The highest BCUT2D eigenvalue weighted by atomic mass is 79.9. The second-order valence-corrected chi connectivity index (χ2v) is 4.63. The molecule has 1 aromatic rings. The molecule has 1 rings (SSSR count). The molecule has 0 aliphatic rings. The number of aliphatic hydroxyl groups is 1. The molecule has 0 radical (unpaired) electrons. The SMILES string of the molecule is C=CCN(CCO)C(=O)c1sccc1Br. The van der Waals surface area contributed by atoms with Crippen LogP contribution in [0.2, 0.25) is 0 Å². The molecule has 0 aliphatic heterocycles. The monoisotopic (exact) mass is 289 g/mol. The summed E-state index contributed by atoms with van der Waals surface area (Å²) in [6, 6.07) is 1.84. The Morgan fingerprint density at radius 3 is 2.93 bits per heavy atom. The van der Waals surface area contributed by atoms with Gasteiger partial charge in [-0.25, -0.2) is 0 Å². The van der Waals surface area contributed by atoms with E-state index in [2.05, 4.69) is 22.5 Å². The molecule has 0 spiro atoms. The first-order valence-corrected chi connectivity index (χ1v) is 6.12. The molecule has 0 fully saturated rings. The van der Waals surface area contributed by atoms with Crippen molar-refractivity contribution in [1.29, 1.82) is 0 Å². The van der Waals surface area contributed by atoms with E-state index < -0.39 is 0 Å². The van der Waals surface area contributed by atoms with E-state index in [0.717, 1.165) is 4.47 Å². The van der Waals surface area contributed by atoms with Crippen LogP contribution in [0.1, 0.15) is 9.67 Å². The van der Waals surface area contributed by atoms with Gasteiger partial charge in [0.1, 0.15) is 4.88 Å². The third-order valence-corrected chi connectivity index (χ3v) is 3.64. The second kappa shape index (κ2) is 6.05. The summed E-state index contributed by atoms with van der Waals surface area (Å²) in [5.74, 6) is -0.0779. The number of amides is 1. The molecule has 82 valence electrons. The number of rotatable bonds is 5. The average Bonchev–Trinajstić information content (AvgIpc) is 2.63. The van der Waals surface area contributed by atoms with Crippen molar-refractivity contribution in [3.8, 4) is 0 Å². The summed E-state index contributed by atoms with van der Waals surface area (Å²) < 4.78 is 0.796. The lowest BCUT2D eigenvalue weighted by atomic mass is 10.3. The number of carbonyl (C=O) groups excluding carboxylic acids is 1.